The number of aromatic carboxylic acids is 1. The predicted molar refractivity (Wildman–Crippen MR) is 74.8 cm³/mol. The van der Waals surface area contributed by atoms with Crippen molar-refractivity contribution in [3.8, 4) is 0 Å². The van der Waals surface area contributed by atoms with E-state index in [1.165, 1.54) is 18.2 Å². The van der Waals surface area contributed by atoms with Gasteiger partial charge in [-0.25, -0.2) is 13.2 Å². The molecular formula is C13H15N3O4S. The second-order valence-corrected chi connectivity index (χ2v) is 6.72. The molecule has 0 saturated heterocycles. The maximum absolute atomic E-state index is 12.5. The lowest BCUT2D eigenvalue weighted by molar-refractivity contribution is 0.0696. The highest BCUT2D eigenvalue weighted by Crippen LogP contribution is 2.21. The Kier molecular flexibility index (Phi) is 3.82. The van der Waals surface area contributed by atoms with Gasteiger partial charge >= 0.3 is 5.97 Å². The first-order chi connectivity index (χ1) is 9.72. The summed E-state index contributed by atoms with van der Waals surface area (Å²) in [7, 11) is -2.01. The number of rotatable bonds is 4. The first-order valence-electron chi connectivity index (χ1n) is 6.14. The zero-order valence-corrected chi connectivity index (χ0v) is 12.7. The van der Waals surface area contributed by atoms with Crippen LogP contribution in [0.3, 0.4) is 0 Å². The van der Waals surface area contributed by atoms with Crippen molar-refractivity contribution in [3.63, 3.8) is 0 Å². The van der Waals surface area contributed by atoms with Crippen molar-refractivity contribution < 1.29 is 18.3 Å². The quantitative estimate of drug-likeness (QED) is 0.907. The van der Waals surface area contributed by atoms with E-state index in [0.29, 0.717) is 17.2 Å². The molecule has 21 heavy (non-hydrogen) atoms. The summed E-state index contributed by atoms with van der Waals surface area (Å²) in [6, 6.07) is 4.04. The molecule has 8 heteroatoms. The molecule has 0 saturated carbocycles. The van der Waals surface area contributed by atoms with Crippen LogP contribution in [0.1, 0.15) is 27.6 Å². The number of hydrogen-bond acceptors (Lipinski definition) is 5. The number of aryl methyl sites for hydroxylation is 2. The second kappa shape index (κ2) is 5.28. The van der Waals surface area contributed by atoms with Gasteiger partial charge in [0.25, 0.3) is 0 Å². The van der Waals surface area contributed by atoms with Crippen LogP contribution in [0.5, 0.6) is 0 Å². The van der Waals surface area contributed by atoms with Gasteiger partial charge in [0, 0.05) is 7.05 Å². The molecule has 1 heterocycles. The van der Waals surface area contributed by atoms with Gasteiger partial charge in [-0.05, 0) is 31.5 Å². The van der Waals surface area contributed by atoms with Crippen molar-refractivity contribution in [2.45, 2.75) is 24.5 Å². The van der Waals surface area contributed by atoms with Crippen LogP contribution in [0.2, 0.25) is 0 Å². The molecule has 7 nitrogen and oxygen atoms in total. The van der Waals surface area contributed by atoms with Gasteiger partial charge in [-0.3, -0.25) is 0 Å². The van der Waals surface area contributed by atoms with Crippen LogP contribution in [0.15, 0.2) is 23.1 Å². The Bertz CT molecular complexity index is 809. The molecule has 1 aromatic heterocycles. The van der Waals surface area contributed by atoms with Gasteiger partial charge in [0.2, 0.25) is 0 Å². The summed E-state index contributed by atoms with van der Waals surface area (Å²) >= 11 is 0. The number of carboxylic acid groups (broad SMARTS) is 1. The minimum absolute atomic E-state index is 0.00283. The van der Waals surface area contributed by atoms with Crippen LogP contribution in [0.25, 0.3) is 0 Å². The van der Waals surface area contributed by atoms with E-state index in [1.807, 2.05) is 0 Å². The molecule has 112 valence electrons. The molecule has 2 aromatic rings. The molecule has 0 fully saturated rings. The molecule has 0 spiro atoms. The highest BCUT2D eigenvalue weighted by Gasteiger charge is 2.22. The lowest BCUT2D eigenvalue weighted by atomic mass is 10.1. The van der Waals surface area contributed by atoms with E-state index >= 15 is 0 Å². The zero-order valence-electron chi connectivity index (χ0n) is 11.9. The van der Waals surface area contributed by atoms with E-state index < -0.39 is 15.8 Å². The summed E-state index contributed by atoms with van der Waals surface area (Å²) in [5, 5.41) is 16.6. The Morgan fingerprint density at radius 1 is 1.29 bits per heavy atom. The van der Waals surface area contributed by atoms with Crippen molar-refractivity contribution in [2.24, 2.45) is 7.05 Å². The van der Waals surface area contributed by atoms with Crippen LogP contribution in [0, 0.1) is 13.8 Å². The van der Waals surface area contributed by atoms with Crippen molar-refractivity contribution in [1.29, 1.82) is 0 Å². The van der Waals surface area contributed by atoms with Gasteiger partial charge < -0.3 is 9.67 Å². The summed E-state index contributed by atoms with van der Waals surface area (Å²) in [4.78, 5) is 11.0. The predicted octanol–water partition coefficient (Wildman–Crippen LogP) is 1.10. The standard InChI is InChI=1S/C13H15N3O4S/c1-8-4-5-10(13(17)18)6-11(8)21(19,20)7-12-15-14-9(2)16(12)3/h4-6H,7H2,1-3H3,(H,17,18). The number of hydrogen-bond donors (Lipinski definition) is 1. The van der Waals surface area contributed by atoms with Gasteiger partial charge in [0.05, 0.1) is 10.5 Å². The van der Waals surface area contributed by atoms with E-state index in [4.69, 9.17) is 5.11 Å². The topological polar surface area (TPSA) is 102 Å². The number of carbonyl (C=O) groups is 1. The third kappa shape index (κ3) is 2.94. The Labute approximate surface area is 122 Å². The minimum Gasteiger partial charge on any atom is -0.478 e. The van der Waals surface area contributed by atoms with Gasteiger partial charge in [0.1, 0.15) is 17.4 Å². The third-order valence-corrected chi connectivity index (χ3v) is 5.02. The Balaban J connectivity index is 2.47. The lowest BCUT2D eigenvalue weighted by Gasteiger charge is -2.08. The fourth-order valence-corrected chi connectivity index (χ4v) is 3.50. The van der Waals surface area contributed by atoms with Gasteiger partial charge in [0.15, 0.2) is 9.84 Å². The molecule has 0 atom stereocenters. The summed E-state index contributed by atoms with van der Waals surface area (Å²) < 4.78 is 26.6. The van der Waals surface area contributed by atoms with Gasteiger partial charge in [-0.1, -0.05) is 6.07 Å². The number of nitrogens with zero attached hydrogens (tertiary/aromatic N) is 3. The normalized spacial score (nSPS) is 11.6. The maximum atomic E-state index is 12.5. The largest absolute Gasteiger partial charge is 0.478 e. The lowest BCUT2D eigenvalue weighted by Crippen LogP contribution is -2.12. The van der Waals surface area contributed by atoms with Crippen LogP contribution in [0.4, 0.5) is 0 Å². The minimum atomic E-state index is -3.70. The van der Waals surface area contributed by atoms with Crippen molar-refractivity contribution in [2.75, 3.05) is 0 Å². The summed E-state index contributed by atoms with van der Waals surface area (Å²) in [5.74, 6) is -0.571. The Morgan fingerprint density at radius 2 is 1.95 bits per heavy atom. The van der Waals surface area contributed by atoms with Crippen LogP contribution < -0.4 is 0 Å². The molecule has 1 aromatic carbocycles. The molecule has 0 radical (unpaired) electrons. The fourth-order valence-electron chi connectivity index (χ4n) is 1.89. The smallest absolute Gasteiger partial charge is 0.335 e. The van der Waals surface area contributed by atoms with E-state index in [0.717, 1.165) is 0 Å². The Morgan fingerprint density at radius 3 is 2.48 bits per heavy atom. The van der Waals surface area contributed by atoms with Crippen LogP contribution in [-0.4, -0.2) is 34.3 Å². The molecular weight excluding hydrogens is 294 g/mol. The average molecular weight is 309 g/mol. The van der Waals surface area contributed by atoms with E-state index in [1.54, 1.807) is 25.5 Å². The summed E-state index contributed by atoms with van der Waals surface area (Å²) in [5.41, 5.74) is 0.437. The molecule has 0 aliphatic rings. The highest BCUT2D eigenvalue weighted by atomic mass is 32.2. The first-order valence-corrected chi connectivity index (χ1v) is 7.79. The molecule has 1 N–H and O–H groups in total. The molecule has 0 amide bonds. The number of sulfone groups is 1. The van der Waals surface area contributed by atoms with Crippen LogP contribution >= 0.6 is 0 Å². The number of carboxylic acids is 1. The SMILES string of the molecule is Cc1ccc(C(=O)O)cc1S(=O)(=O)Cc1nnc(C)n1C. The van der Waals surface area contributed by atoms with Gasteiger partial charge in [-0.15, -0.1) is 10.2 Å². The second-order valence-electron chi connectivity index (χ2n) is 4.77. The zero-order chi connectivity index (χ0) is 15.8. The number of benzene rings is 1. The molecule has 2 rings (SSSR count). The first kappa shape index (κ1) is 15.2. The molecule has 0 aliphatic carbocycles. The molecule has 0 bridgehead atoms. The van der Waals surface area contributed by atoms with Gasteiger partial charge in [-0.2, -0.15) is 0 Å². The Hall–Kier alpha value is -2.22. The maximum Gasteiger partial charge on any atom is 0.335 e. The average Bonchev–Trinajstić information content (AvgIpc) is 2.70. The van der Waals surface area contributed by atoms with Crippen molar-refractivity contribution in [3.05, 3.63) is 41.0 Å². The van der Waals surface area contributed by atoms with Crippen molar-refractivity contribution >= 4 is 15.8 Å². The van der Waals surface area contributed by atoms with Crippen LogP contribution in [-0.2, 0) is 22.6 Å². The fraction of sp³-hybridized carbons (Fsp3) is 0.308. The molecule has 0 aliphatic heterocycles. The van der Waals surface area contributed by atoms with E-state index in [2.05, 4.69) is 10.2 Å². The third-order valence-electron chi connectivity index (χ3n) is 3.27. The van der Waals surface area contributed by atoms with Crippen molar-refractivity contribution in [1.82, 2.24) is 14.8 Å². The van der Waals surface area contributed by atoms with E-state index in [-0.39, 0.29) is 16.2 Å². The summed E-state index contributed by atoms with van der Waals surface area (Å²) in [6.07, 6.45) is 0. The summed E-state index contributed by atoms with van der Waals surface area (Å²) in [6.45, 7) is 3.35. The highest BCUT2D eigenvalue weighted by molar-refractivity contribution is 7.90. The van der Waals surface area contributed by atoms with E-state index in [9.17, 15) is 13.2 Å². The molecule has 0 unspecified atom stereocenters. The number of aromatic nitrogens is 3. The monoisotopic (exact) mass is 309 g/mol.